The molecule has 104 valence electrons. The minimum absolute atomic E-state index is 0.251. The van der Waals surface area contributed by atoms with Gasteiger partial charge in [-0.3, -0.25) is 0 Å². The van der Waals surface area contributed by atoms with Crippen molar-refractivity contribution in [2.24, 2.45) is 0 Å². The van der Waals surface area contributed by atoms with Crippen molar-refractivity contribution in [1.29, 1.82) is 0 Å². The number of rotatable bonds is 4. The zero-order chi connectivity index (χ0) is 14.1. The van der Waals surface area contributed by atoms with Gasteiger partial charge >= 0.3 is 7.12 Å². The summed E-state index contributed by atoms with van der Waals surface area (Å²) in [5.74, 6) is 2.13. The van der Waals surface area contributed by atoms with Crippen LogP contribution in [0.3, 0.4) is 0 Å². The molecule has 1 fully saturated rings. The molecule has 0 atom stereocenters. The van der Waals surface area contributed by atoms with E-state index in [1.807, 2.05) is 11.8 Å². The van der Waals surface area contributed by atoms with E-state index in [1.54, 1.807) is 0 Å². The number of hydrogen-bond acceptors (Lipinski definition) is 3. The topological polar surface area (TPSA) is 18.5 Å². The number of hydrogen-bond donors (Lipinski definition) is 0. The minimum atomic E-state index is -0.275. The Morgan fingerprint density at radius 2 is 1.63 bits per heavy atom. The average molecular weight is 278 g/mol. The van der Waals surface area contributed by atoms with Gasteiger partial charge in [-0.05, 0) is 44.5 Å². The fourth-order valence-corrected chi connectivity index (χ4v) is 2.76. The van der Waals surface area contributed by atoms with Crippen molar-refractivity contribution in [2.45, 2.75) is 51.6 Å². The van der Waals surface area contributed by atoms with Gasteiger partial charge in [-0.1, -0.05) is 31.2 Å². The third-order valence-electron chi connectivity index (χ3n) is 4.02. The fraction of sp³-hybridized carbons (Fsp3) is 0.600. The van der Waals surface area contributed by atoms with E-state index in [1.165, 1.54) is 11.0 Å². The molecular weight excluding hydrogens is 255 g/mol. The molecule has 0 amide bonds. The van der Waals surface area contributed by atoms with E-state index < -0.39 is 0 Å². The lowest BCUT2D eigenvalue weighted by molar-refractivity contribution is 0.00578. The van der Waals surface area contributed by atoms with Gasteiger partial charge in [0.25, 0.3) is 0 Å². The lowest BCUT2D eigenvalue weighted by atomic mass is 9.76. The molecular formula is C15H23BO2S. The molecule has 1 aliphatic heterocycles. The smallest absolute Gasteiger partial charge is 0.399 e. The predicted molar refractivity (Wildman–Crippen MR) is 84.0 cm³/mol. The molecule has 0 radical (unpaired) electrons. The first-order valence-electron chi connectivity index (χ1n) is 6.88. The first-order chi connectivity index (χ1) is 8.87. The monoisotopic (exact) mass is 278 g/mol. The molecule has 0 N–H and O–H groups in total. The third-order valence-corrected chi connectivity index (χ3v) is 4.95. The van der Waals surface area contributed by atoms with E-state index >= 15 is 0 Å². The Bertz CT molecular complexity index is 430. The first kappa shape index (κ1) is 15.0. The van der Waals surface area contributed by atoms with Crippen LogP contribution in [-0.4, -0.2) is 24.1 Å². The second kappa shape index (κ2) is 5.51. The molecule has 0 spiro atoms. The van der Waals surface area contributed by atoms with Crippen LogP contribution in [0, 0.1) is 0 Å². The van der Waals surface area contributed by atoms with Crippen LogP contribution in [0.5, 0.6) is 0 Å². The van der Waals surface area contributed by atoms with Crippen molar-refractivity contribution in [3.8, 4) is 0 Å². The normalized spacial score (nSPS) is 20.8. The molecule has 0 unspecified atom stereocenters. The molecule has 1 heterocycles. The van der Waals surface area contributed by atoms with Crippen molar-refractivity contribution >= 4 is 24.3 Å². The summed E-state index contributed by atoms with van der Waals surface area (Å²) in [6, 6.07) is 8.43. The van der Waals surface area contributed by atoms with Crippen LogP contribution in [0.25, 0.3) is 0 Å². The Morgan fingerprint density at radius 3 is 2.21 bits per heavy atom. The Morgan fingerprint density at radius 1 is 1.05 bits per heavy atom. The van der Waals surface area contributed by atoms with E-state index in [4.69, 9.17) is 9.31 Å². The summed E-state index contributed by atoms with van der Waals surface area (Å²) >= 11 is 1.92. The van der Waals surface area contributed by atoms with E-state index in [0.29, 0.717) is 0 Å². The van der Waals surface area contributed by atoms with Crippen molar-refractivity contribution in [3.63, 3.8) is 0 Å². The Labute approximate surface area is 121 Å². The van der Waals surface area contributed by atoms with Crippen LogP contribution in [0.4, 0.5) is 0 Å². The van der Waals surface area contributed by atoms with Crippen molar-refractivity contribution in [2.75, 3.05) is 5.75 Å². The SMILES string of the molecule is CCSCc1ccccc1B1OC(C)(C)C(C)(C)O1. The molecule has 1 aromatic carbocycles. The molecule has 1 aliphatic rings. The summed E-state index contributed by atoms with van der Waals surface area (Å²) in [4.78, 5) is 0. The largest absolute Gasteiger partial charge is 0.495 e. The van der Waals surface area contributed by atoms with Crippen LogP contribution in [-0.2, 0) is 15.1 Å². The summed E-state index contributed by atoms with van der Waals surface area (Å²) in [6.07, 6.45) is 0. The molecule has 0 aliphatic carbocycles. The average Bonchev–Trinajstić information content (AvgIpc) is 2.56. The maximum atomic E-state index is 6.14. The molecule has 4 heteroatoms. The summed E-state index contributed by atoms with van der Waals surface area (Å²) in [5, 5.41) is 0. The fourth-order valence-electron chi connectivity index (χ4n) is 2.08. The zero-order valence-electron chi connectivity index (χ0n) is 12.5. The first-order valence-corrected chi connectivity index (χ1v) is 8.04. The molecule has 2 rings (SSSR count). The van der Waals surface area contributed by atoms with Gasteiger partial charge in [-0.15, -0.1) is 0 Å². The van der Waals surface area contributed by atoms with Gasteiger partial charge in [0, 0.05) is 5.75 Å². The van der Waals surface area contributed by atoms with Gasteiger partial charge in [0.15, 0.2) is 0 Å². The summed E-state index contributed by atoms with van der Waals surface area (Å²) in [6.45, 7) is 10.6. The summed E-state index contributed by atoms with van der Waals surface area (Å²) in [7, 11) is -0.251. The second-order valence-corrected chi connectivity index (χ2v) is 7.20. The Hall–Kier alpha value is -0.445. The molecule has 0 aromatic heterocycles. The molecule has 0 saturated carbocycles. The highest BCUT2D eigenvalue weighted by Crippen LogP contribution is 2.36. The maximum absolute atomic E-state index is 6.14. The van der Waals surface area contributed by atoms with Gasteiger partial charge in [-0.2, -0.15) is 11.8 Å². The Balaban J connectivity index is 2.24. The minimum Gasteiger partial charge on any atom is -0.399 e. The van der Waals surface area contributed by atoms with Gasteiger partial charge in [0.05, 0.1) is 11.2 Å². The standard InChI is InChI=1S/C15H23BO2S/c1-6-19-11-12-9-7-8-10-13(12)16-17-14(2,3)15(4,5)18-16/h7-10H,6,11H2,1-5H3. The van der Waals surface area contributed by atoms with Crippen LogP contribution in [0.2, 0.25) is 0 Å². The summed E-state index contributed by atoms with van der Waals surface area (Å²) in [5.41, 5.74) is 1.93. The predicted octanol–water partition coefficient (Wildman–Crippen LogP) is 3.24. The van der Waals surface area contributed by atoms with E-state index in [9.17, 15) is 0 Å². The van der Waals surface area contributed by atoms with Crippen molar-refractivity contribution < 1.29 is 9.31 Å². The number of thioether (sulfide) groups is 1. The third kappa shape index (κ3) is 3.01. The lowest BCUT2D eigenvalue weighted by Gasteiger charge is -2.32. The van der Waals surface area contributed by atoms with Gasteiger partial charge < -0.3 is 9.31 Å². The van der Waals surface area contributed by atoms with Crippen molar-refractivity contribution in [3.05, 3.63) is 29.8 Å². The van der Waals surface area contributed by atoms with Crippen LogP contribution < -0.4 is 5.46 Å². The number of benzene rings is 1. The summed E-state index contributed by atoms with van der Waals surface area (Å²) < 4.78 is 12.3. The van der Waals surface area contributed by atoms with E-state index in [-0.39, 0.29) is 18.3 Å². The molecule has 2 nitrogen and oxygen atoms in total. The van der Waals surface area contributed by atoms with Gasteiger partial charge in [0.1, 0.15) is 0 Å². The zero-order valence-corrected chi connectivity index (χ0v) is 13.3. The van der Waals surface area contributed by atoms with Gasteiger partial charge in [-0.25, -0.2) is 0 Å². The van der Waals surface area contributed by atoms with Crippen LogP contribution >= 0.6 is 11.8 Å². The van der Waals surface area contributed by atoms with Crippen LogP contribution in [0.15, 0.2) is 24.3 Å². The van der Waals surface area contributed by atoms with Gasteiger partial charge in [0.2, 0.25) is 0 Å². The molecule has 19 heavy (non-hydrogen) atoms. The van der Waals surface area contributed by atoms with Crippen LogP contribution in [0.1, 0.15) is 40.2 Å². The van der Waals surface area contributed by atoms with E-state index in [2.05, 4.69) is 58.9 Å². The molecule has 1 aromatic rings. The second-order valence-electron chi connectivity index (χ2n) is 5.92. The van der Waals surface area contributed by atoms with E-state index in [0.717, 1.165) is 11.5 Å². The van der Waals surface area contributed by atoms with Crippen molar-refractivity contribution in [1.82, 2.24) is 0 Å². The highest BCUT2D eigenvalue weighted by atomic mass is 32.2. The highest BCUT2D eigenvalue weighted by Gasteiger charge is 2.52. The lowest BCUT2D eigenvalue weighted by Crippen LogP contribution is -2.41. The highest BCUT2D eigenvalue weighted by molar-refractivity contribution is 7.98. The quantitative estimate of drug-likeness (QED) is 0.788. The Kier molecular flexibility index (Phi) is 4.33. The molecule has 0 bridgehead atoms. The maximum Gasteiger partial charge on any atom is 0.495 e. The molecule has 1 saturated heterocycles.